The highest BCUT2D eigenvalue weighted by Gasteiger charge is 2.27. The van der Waals surface area contributed by atoms with Crippen LogP contribution in [0.2, 0.25) is 0 Å². The van der Waals surface area contributed by atoms with E-state index in [1.165, 1.54) is 0 Å². The first-order chi connectivity index (χ1) is 7.95. The summed E-state index contributed by atoms with van der Waals surface area (Å²) in [7, 11) is -3.31. The Bertz CT molecular complexity index is 321. The fraction of sp³-hybridized carbons (Fsp3) is 1.00. The van der Waals surface area contributed by atoms with Crippen molar-refractivity contribution >= 4 is 21.8 Å². The number of hydrogen-bond donors (Lipinski definition) is 1. The first kappa shape index (κ1) is 15.2. The lowest BCUT2D eigenvalue weighted by atomic mass is 10.0. The summed E-state index contributed by atoms with van der Waals surface area (Å²) >= 11 is 5.60. The molecule has 0 amide bonds. The molecule has 0 saturated carbocycles. The summed E-state index contributed by atoms with van der Waals surface area (Å²) in [6.45, 7) is 5.26. The van der Waals surface area contributed by atoms with Crippen molar-refractivity contribution in [2.45, 2.75) is 45.6 Å². The fourth-order valence-corrected chi connectivity index (χ4v) is 3.89. The van der Waals surface area contributed by atoms with Crippen LogP contribution in [0.3, 0.4) is 0 Å². The van der Waals surface area contributed by atoms with Crippen LogP contribution in [-0.4, -0.2) is 37.7 Å². The van der Waals surface area contributed by atoms with Gasteiger partial charge in [0.15, 0.2) is 0 Å². The molecule has 0 aromatic rings. The lowest BCUT2D eigenvalue weighted by Gasteiger charge is -2.31. The van der Waals surface area contributed by atoms with E-state index in [4.69, 9.17) is 11.6 Å². The molecule has 102 valence electrons. The number of piperidine rings is 1. The van der Waals surface area contributed by atoms with E-state index in [-0.39, 0.29) is 6.04 Å². The molecule has 17 heavy (non-hydrogen) atoms. The van der Waals surface area contributed by atoms with E-state index in [0.29, 0.717) is 24.9 Å². The monoisotopic (exact) mass is 282 g/mol. The van der Waals surface area contributed by atoms with E-state index < -0.39 is 10.2 Å². The molecule has 4 nitrogen and oxygen atoms in total. The van der Waals surface area contributed by atoms with Crippen molar-refractivity contribution in [3.8, 4) is 0 Å². The SMILES string of the molecule is CC1CCCN(S(=O)(=O)NC(C)CCCCl)C1. The predicted molar refractivity (Wildman–Crippen MR) is 71.4 cm³/mol. The molecule has 1 aliphatic heterocycles. The highest BCUT2D eigenvalue weighted by molar-refractivity contribution is 7.87. The van der Waals surface area contributed by atoms with Crippen LogP contribution in [-0.2, 0) is 10.2 Å². The minimum Gasteiger partial charge on any atom is -0.199 e. The second kappa shape index (κ2) is 6.92. The largest absolute Gasteiger partial charge is 0.279 e. The van der Waals surface area contributed by atoms with Crippen LogP contribution in [0.5, 0.6) is 0 Å². The third kappa shape index (κ3) is 5.12. The minimum atomic E-state index is -3.31. The van der Waals surface area contributed by atoms with Crippen molar-refractivity contribution in [3.05, 3.63) is 0 Å². The Morgan fingerprint density at radius 1 is 1.53 bits per heavy atom. The molecule has 6 heteroatoms. The van der Waals surface area contributed by atoms with E-state index in [9.17, 15) is 8.42 Å². The second-order valence-corrected chi connectivity index (χ2v) is 7.04. The van der Waals surface area contributed by atoms with E-state index in [1.54, 1.807) is 4.31 Å². The van der Waals surface area contributed by atoms with Crippen LogP contribution in [0.15, 0.2) is 0 Å². The zero-order valence-electron chi connectivity index (χ0n) is 10.7. The van der Waals surface area contributed by atoms with Crippen molar-refractivity contribution in [2.24, 2.45) is 5.92 Å². The minimum absolute atomic E-state index is 0.0454. The zero-order valence-corrected chi connectivity index (χ0v) is 12.2. The fourth-order valence-electron chi connectivity index (χ4n) is 2.14. The predicted octanol–water partition coefficient (Wildman–Crippen LogP) is 1.96. The average Bonchev–Trinajstić information content (AvgIpc) is 2.26. The standard InChI is InChI=1S/C11H23ClN2O2S/c1-10-5-4-8-14(9-10)17(15,16)13-11(2)6-3-7-12/h10-11,13H,3-9H2,1-2H3. The summed E-state index contributed by atoms with van der Waals surface area (Å²) in [5, 5.41) is 0. The van der Waals surface area contributed by atoms with Gasteiger partial charge in [-0.3, -0.25) is 0 Å². The molecule has 0 radical (unpaired) electrons. The molecule has 0 aromatic heterocycles. The highest BCUT2D eigenvalue weighted by Crippen LogP contribution is 2.18. The number of nitrogens with zero attached hydrogens (tertiary/aromatic N) is 1. The van der Waals surface area contributed by atoms with Crippen molar-refractivity contribution in [1.82, 2.24) is 9.03 Å². The highest BCUT2D eigenvalue weighted by atomic mass is 35.5. The van der Waals surface area contributed by atoms with Crippen LogP contribution >= 0.6 is 11.6 Å². The first-order valence-electron chi connectivity index (χ1n) is 6.29. The molecular formula is C11H23ClN2O2S. The molecule has 1 heterocycles. The van der Waals surface area contributed by atoms with Gasteiger partial charge in [-0.2, -0.15) is 17.4 Å². The van der Waals surface area contributed by atoms with Crippen LogP contribution in [0.25, 0.3) is 0 Å². The number of hydrogen-bond acceptors (Lipinski definition) is 2. The Balaban J connectivity index is 2.49. The van der Waals surface area contributed by atoms with Crippen molar-refractivity contribution < 1.29 is 8.42 Å². The van der Waals surface area contributed by atoms with Gasteiger partial charge in [-0.05, 0) is 38.5 Å². The Labute approximate surface area is 110 Å². The molecule has 1 aliphatic rings. The average molecular weight is 283 g/mol. The van der Waals surface area contributed by atoms with Gasteiger partial charge in [0.2, 0.25) is 0 Å². The summed E-state index contributed by atoms with van der Waals surface area (Å²) in [6, 6.07) is -0.0454. The van der Waals surface area contributed by atoms with Gasteiger partial charge in [-0.25, -0.2) is 0 Å². The van der Waals surface area contributed by atoms with Crippen LogP contribution in [0.4, 0.5) is 0 Å². The normalized spacial score (nSPS) is 24.8. The van der Waals surface area contributed by atoms with E-state index >= 15 is 0 Å². The molecule has 2 atom stereocenters. The first-order valence-corrected chi connectivity index (χ1v) is 8.26. The lowest BCUT2D eigenvalue weighted by molar-refractivity contribution is 0.276. The summed E-state index contributed by atoms with van der Waals surface area (Å²) in [5.41, 5.74) is 0. The Morgan fingerprint density at radius 3 is 2.82 bits per heavy atom. The molecule has 0 aliphatic carbocycles. The smallest absolute Gasteiger partial charge is 0.199 e. The van der Waals surface area contributed by atoms with Gasteiger partial charge >= 0.3 is 0 Å². The van der Waals surface area contributed by atoms with E-state index in [0.717, 1.165) is 25.7 Å². The Kier molecular flexibility index (Phi) is 6.20. The summed E-state index contributed by atoms with van der Waals surface area (Å²) < 4.78 is 28.5. The topological polar surface area (TPSA) is 49.4 Å². The molecule has 2 unspecified atom stereocenters. The van der Waals surface area contributed by atoms with E-state index in [2.05, 4.69) is 11.6 Å². The number of rotatable bonds is 6. The maximum absolute atomic E-state index is 12.1. The van der Waals surface area contributed by atoms with Crippen LogP contribution < -0.4 is 4.72 Å². The number of alkyl halides is 1. The Morgan fingerprint density at radius 2 is 2.24 bits per heavy atom. The third-order valence-electron chi connectivity index (χ3n) is 3.08. The maximum atomic E-state index is 12.1. The van der Waals surface area contributed by atoms with Gasteiger partial charge in [-0.1, -0.05) is 6.92 Å². The number of nitrogens with one attached hydrogen (secondary N) is 1. The molecule has 1 saturated heterocycles. The van der Waals surface area contributed by atoms with Gasteiger partial charge in [0.1, 0.15) is 0 Å². The molecule has 0 aromatic carbocycles. The molecule has 1 N–H and O–H groups in total. The van der Waals surface area contributed by atoms with Crippen molar-refractivity contribution in [1.29, 1.82) is 0 Å². The summed E-state index contributed by atoms with van der Waals surface area (Å²) in [6.07, 6.45) is 3.69. The van der Waals surface area contributed by atoms with Gasteiger partial charge < -0.3 is 0 Å². The maximum Gasteiger partial charge on any atom is 0.279 e. The molecule has 1 fully saturated rings. The second-order valence-electron chi connectivity index (χ2n) is 4.96. The Hall–Kier alpha value is 0.160. The molecule has 0 bridgehead atoms. The molecule has 0 spiro atoms. The number of halogens is 1. The van der Waals surface area contributed by atoms with Gasteiger partial charge in [0.05, 0.1) is 0 Å². The quantitative estimate of drug-likeness (QED) is 0.757. The summed E-state index contributed by atoms with van der Waals surface area (Å²) in [4.78, 5) is 0. The van der Waals surface area contributed by atoms with E-state index in [1.807, 2.05) is 6.92 Å². The van der Waals surface area contributed by atoms with Crippen molar-refractivity contribution in [2.75, 3.05) is 19.0 Å². The molecule has 1 rings (SSSR count). The lowest BCUT2D eigenvalue weighted by Crippen LogP contribution is -2.48. The van der Waals surface area contributed by atoms with Gasteiger partial charge in [-0.15, -0.1) is 11.6 Å². The zero-order chi connectivity index (χ0) is 12.9. The third-order valence-corrected chi connectivity index (χ3v) is 5.06. The van der Waals surface area contributed by atoms with Gasteiger partial charge in [0, 0.05) is 25.0 Å². The van der Waals surface area contributed by atoms with Crippen molar-refractivity contribution in [3.63, 3.8) is 0 Å². The summed E-state index contributed by atoms with van der Waals surface area (Å²) in [5.74, 6) is 1.03. The van der Waals surface area contributed by atoms with Crippen LogP contribution in [0.1, 0.15) is 39.5 Å². The van der Waals surface area contributed by atoms with Gasteiger partial charge in [0.25, 0.3) is 10.2 Å². The van der Waals surface area contributed by atoms with Crippen LogP contribution in [0, 0.1) is 5.92 Å². The molecular weight excluding hydrogens is 260 g/mol.